The van der Waals surface area contributed by atoms with Gasteiger partial charge in [0, 0.05) is 18.4 Å². The van der Waals surface area contributed by atoms with Crippen LogP contribution in [-0.2, 0) is 4.79 Å². The fraction of sp³-hybridized carbons (Fsp3) is 0.300. The molecule has 0 bridgehead atoms. The molecule has 0 saturated heterocycles. The molecule has 1 aliphatic heterocycles. The van der Waals surface area contributed by atoms with E-state index in [1.807, 2.05) is 6.92 Å². The van der Waals surface area contributed by atoms with Crippen molar-refractivity contribution in [2.24, 2.45) is 0 Å². The van der Waals surface area contributed by atoms with Gasteiger partial charge in [0.1, 0.15) is 13.2 Å². The molecule has 0 unspecified atom stereocenters. The van der Waals surface area contributed by atoms with Gasteiger partial charge in [-0.1, -0.05) is 17.7 Å². The van der Waals surface area contributed by atoms with Crippen molar-refractivity contribution < 1.29 is 23.8 Å². The minimum atomic E-state index is -0.288. The molecule has 0 aliphatic carbocycles. The van der Waals surface area contributed by atoms with Gasteiger partial charge < -0.3 is 19.5 Å². The number of Topliss-reactive ketones (excluding diaryl/α,β-unsaturated/α-hetero) is 1. The van der Waals surface area contributed by atoms with Crippen LogP contribution in [0.1, 0.15) is 30.1 Å². The number of halogens is 1. The third kappa shape index (κ3) is 4.71. The summed E-state index contributed by atoms with van der Waals surface area (Å²) in [6.07, 6.45) is 0.126. The van der Waals surface area contributed by atoms with Crippen molar-refractivity contribution >= 4 is 29.0 Å². The average Bonchev–Trinajstić information content (AvgIpc) is 2.68. The molecule has 0 atom stereocenters. The van der Waals surface area contributed by atoms with Gasteiger partial charge in [0.2, 0.25) is 5.91 Å². The van der Waals surface area contributed by atoms with Crippen molar-refractivity contribution in [3.63, 3.8) is 0 Å². The highest BCUT2D eigenvalue weighted by molar-refractivity contribution is 6.32. The molecular weight excluding hydrogens is 370 g/mol. The lowest BCUT2D eigenvalue weighted by molar-refractivity contribution is -0.116. The zero-order valence-electron chi connectivity index (χ0n) is 14.9. The molecule has 3 rings (SSSR count). The van der Waals surface area contributed by atoms with E-state index < -0.39 is 0 Å². The van der Waals surface area contributed by atoms with Gasteiger partial charge in [-0.2, -0.15) is 0 Å². The van der Waals surface area contributed by atoms with Crippen LogP contribution in [0.3, 0.4) is 0 Å². The Bertz CT molecular complexity index is 852. The van der Waals surface area contributed by atoms with Gasteiger partial charge in [-0.05, 0) is 37.3 Å². The summed E-state index contributed by atoms with van der Waals surface area (Å²) >= 11 is 6.10. The summed E-state index contributed by atoms with van der Waals surface area (Å²) in [6.45, 7) is 3.21. The Labute approximate surface area is 162 Å². The lowest BCUT2D eigenvalue weighted by Gasteiger charge is -2.18. The third-order valence-corrected chi connectivity index (χ3v) is 4.27. The number of rotatable bonds is 7. The van der Waals surface area contributed by atoms with Crippen LogP contribution in [-0.4, -0.2) is 31.5 Å². The number of anilines is 1. The number of carbonyl (C=O) groups excluding carboxylic acids is 2. The zero-order valence-corrected chi connectivity index (χ0v) is 15.7. The quantitative estimate of drug-likeness (QED) is 0.721. The highest BCUT2D eigenvalue weighted by Gasteiger charge is 2.17. The molecule has 0 saturated carbocycles. The molecule has 0 fully saturated rings. The fourth-order valence-electron chi connectivity index (χ4n) is 2.70. The number of carbonyl (C=O) groups is 2. The van der Waals surface area contributed by atoms with Gasteiger partial charge in [0.25, 0.3) is 0 Å². The smallest absolute Gasteiger partial charge is 0.224 e. The van der Waals surface area contributed by atoms with Gasteiger partial charge in [0.05, 0.1) is 17.3 Å². The van der Waals surface area contributed by atoms with Crippen LogP contribution in [0.15, 0.2) is 36.4 Å². The molecule has 1 amide bonds. The lowest BCUT2D eigenvalue weighted by atomic mass is 10.1. The van der Waals surface area contributed by atoms with E-state index in [0.717, 1.165) is 0 Å². The molecular formula is C20H20ClNO5. The van der Waals surface area contributed by atoms with Gasteiger partial charge in [-0.25, -0.2) is 0 Å². The summed E-state index contributed by atoms with van der Waals surface area (Å²) in [5, 5.41) is 3.17. The average molecular weight is 390 g/mol. The molecule has 7 heteroatoms. The van der Waals surface area contributed by atoms with Crippen LogP contribution in [0.4, 0.5) is 5.69 Å². The second kappa shape index (κ2) is 8.77. The van der Waals surface area contributed by atoms with E-state index in [1.165, 1.54) is 0 Å². The first-order valence-corrected chi connectivity index (χ1v) is 9.10. The summed E-state index contributed by atoms with van der Waals surface area (Å²) < 4.78 is 16.4. The molecule has 2 aromatic rings. The maximum absolute atomic E-state index is 12.4. The molecule has 0 spiro atoms. The molecule has 27 heavy (non-hydrogen) atoms. The molecule has 0 radical (unpaired) electrons. The minimum absolute atomic E-state index is 0.0470. The van der Waals surface area contributed by atoms with Gasteiger partial charge >= 0.3 is 0 Å². The van der Waals surface area contributed by atoms with Crippen molar-refractivity contribution in [3.05, 3.63) is 47.0 Å². The maximum Gasteiger partial charge on any atom is 0.224 e. The van der Waals surface area contributed by atoms with E-state index in [0.29, 0.717) is 53.3 Å². The number of benzene rings is 2. The van der Waals surface area contributed by atoms with E-state index in [-0.39, 0.29) is 24.5 Å². The lowest BCUT2D eigenvalue weighted by Crippen LogP contribution is -2.16. The summed E-state index contributed by atoms with van der Waals surface area (Å²) in [5.41, 5.74) is 0.978. The van der Waals surface area contributed by atoms with Gasteiger partial charge in [-0.3, -0.25) is 9.59 Å². The van der Waals surface area contributed by atoms with Crippen LogP contribution in [0, 0.1) is 0 Å². The van der Waals surface area contributed by atoms with Crippen LogP contribution in [0.25, 0.3) is 0 Å². The largest absolute Gasteiger partial charge is 0.490 e. The second-order valence-corrected chi connectivity index (χ2v) is 6.29. The van der Waals surface area contributed by atoms with Crippen LogP contribution in [0.2, 0.25) is 5.02 Å². The van der Waals surface area contributed by atoms with Crippen LogP contribution >= 0.6 is 11.6 Å². The van der Waals surface area contributed by atoms with Gasteiger partial charge in [0.15, 0.2) is 23.0 Å². The Morgan fingerprint density at radius 3 is 2.67 bits per heavy atom. The summed E-state index contributed by atoms with van der Waals surface area (Å²) in [6, 6.07) is 10.2. The van der Waals surface area contributed by atoms with Crippen LogP contribution in [0.5, 0.6) is 17.2 Å². The Morgan fingerprint density at radius 2 is 1.89 bits per heavy atom. The Hall–Kier alpha value is -2.73. The summed E-state index contributed by atoms with van der Waals surface area (Å²) in [5.74, 6) is 1.17. The number of ketones is 1. The third-order valence-electron chi connectivity index (χ3n) is 3.97. The predicted octanol–water partition coefficient (Wildman–Crippen LogP) is 4.11. The first kappa shape index (κ1) is 19.0. The number of nitrogens with one attached hydrogen (secondary N) is 1. The Kier molecular flexibility index (Phi) is 6.19. The van der Waals surface area contributed by atoms with Crippen molar-refractivity contribution in [1.29, 1.82) is 0 Å². The minimum Gasteiger partial charge on any atom is -0.490 e. The number of ether oxygens (including phenoxy) is 3. The van der Waals surface area contributed by atoms with Crippen LogP contribution < -0.4 is 19.5 Å². The van der Waals surface area contributed by atoms with E-state index in [9.17, 15) is 9.59 Å². The van der Waals surface area contributed by atoms with Crippen molar-refractivity contribution in [2.75, 3.05) is 25.1 Å². The van der Waals surface area contributed by atoms with Crippen molar-refractivity contribution in [2.45, 2.75) is 19.8 Å². The highest BCUT2D eigenvalue weighted by atomic mass is 35.5. The molecule has 1 heterocycles. The number of hydrogen-bond donors (Lipinski definition) is 1. The Balaban J connectivity index is 1.59. The number of amides is 1. The molecule has 0 aromatic heterocycles. The molecule has 6 nitrogen and oxygen atoms in total. The molecule has 142 valence electrons. The standard InChI is InChI=1S/C20H20ClNO5/c1-2-25-20-14(21)4-3-5-15(20)22-19(24)9-7-16(23)13-6-8-17-18(12-13)27-11-10-26-17/h3-6,8,12H,2,7,9-11H2,1H3,(H,22,24). The topological polar surface area (TPSA) is 73.9 Å². The monoisotopic (exact) mass is 389 g/mol. The SMILES string of the molecule is CCOc1c(Cl)cccc1NC(=O)CCC(=O)c1ccc2c(c1)OCCO2. The normalized spacial score (nSPS) is 12.4. The summed E-state index contributed by atoms with van der Waals surface area (Å²) in [4.78, 5) is 24.6. The van der Waals surface area contributed by atoms with E-state index in [2.05, 4.69) is 5.32 Å². The summed E-state index contributed by atoms with van der Waals surface area (Å²) in [7, 11) is 0. The van der Waals surface area contributed by atoms with E-state index >= 15 is 0 Å². The van der Waals surface area contributed by atoms with Crippen molar-refractivity contribution in [3.8, 4) is 17.2 Å². The first-order chi connectivity index (χ1) is 13.1. The zero-order chi connectivity index (χ0) is 19.2. The predicted molar refractivity (Wildman–Crippen MR) is 102 cm³/mol. The van der Waals surface area contributed by atoms with E-state index in [4.69, 9.17) is 25.8 Å². The highest BCUT2D eigenvalue weighted by Crippen LogP contribution is 2.33. The molecule has 1 aliphatic rings. The van der Waals surface area contributed by atoms with E-state index in [1.54, 1.807) is 36.4 Å². The van der Waals surface area contributed by atoms with Gasteiger partial charge in [-0.15, -0.1) is 0 Å². The first-order valence-electron chi connectivity index (χ1n) is 8.72. The molecule has 2 aromatic carbocycles. The number of fused-ring (bicyclic) bond motifs is 1. The second-order valence-electron chi connectivity index (χ2n) is 5.88. The number of para-hydroxylation sites is 1. The Morgan fingerprint density at radius 1 is 1.11 bits per heavy atom. The molecule has 1 N–H and O–H groups in total. The maximum atomic E-state index is 12.4. The fourth-order valence-corrected chi connectivity index (χ4v) is 2.93. The number of hydrogen-bond acceptors (Lipinski definition) is 5. The van der Waals surface area contributed by atoms with Crippen molar-refractivity contribution in [1.82, 2.24) is 0 Å².